The first-order valence-corrected chi connectivity index (χ1v) is 19.6. The number of H-pyrrole nitrogens is 2. The molecule has 0 spiro atoms. The van der Waals surface area contributed by atoms with E-state index in [1.165, 1.54) is 14.2 Å². The lowest BCUT2D eigenvalue weighted by atomic mass is 9.85. The molecule has 2 fully saturated rings. The van der Waals surface area contributed by atoms with Gasteiger partial charge in [-0.25, -0.2) is 19.6 Å². The Labute approximate surface area is 337 Å². The molecule has 16 nitrogen and oxygen atoms in total. The minimum Gasteiger partial charge on any atom is -0.453 e. The zero-order valence-electron chi connectivity index (χ0n) is 34.2. The van der Waals surface area contributed by atoms with E-state index in [0.29, 0.717) is 47.7 Å². The average molecular weight is 797 g/mol. The molecule has 4 N–H and O–H groups in total. The SMILES string of the molecule is COC(=O)NC(C(=O)N1CCCC1c1ncc(-c2ccc3c(c2)Oc2ccc(-c4cnc(C5CCCN5C(=O)C(NC(=O)OC)C(C)(C)C)[nH]4)cc2O3)[nH]1)C(C)(C)C. The number of likely N-dealkylation sites (tertiary alicyclic amines) is 2. The predicted molar refractivity (Wildman–Crippen MR) is 213 cm³/mol. The van der Waals surface area contributed by atoms with Gasteiger partial charge in [0.15, 0.2) is 23.0 Å². The number of aromatic nitrogens is 4. The number of alkyl carbamates (subject to hydrolysis) is 2. The van der Waals surface area contributed by atoms with Gasteiger partial charge < -0.3 is 49.3 Å². The number of ether oxygens (including phenoxy) is 4. The molecule has 0 aliphatic carbocycles. The molecule has 2 aromatic heterocycles. The first-order valence-electron chi connectivity index (χ1n) is 19.6. The van der Waals surface area contributed by atoms with Gasteiger partial charge in [-0.3, -0.25) is 9.59 Å². The first kappa shape index (κ1) is 40.1. The number of hydrogen-bond acceptors (Lipinski definition) is 10. The fourth-order valence-electron chi connectivity index (χ4n) is 7.83. The molecule has 7 rings (SSSR count). The number of rotatable bonds is 8. The Hall–Kier alpha value is -6.06. The van der Waals surface area contributed by atoms with Crippen LogP contribution in [0.25, 0.3) is 22.5 Å². The second-order valence-electron chi connectivity index (χ2n) is 17.1. The highest BCUT2D eigenvalue weighted by atomic mass is 16.6. The number of carbonyl (C=O) groups is 4. The highest BCUT2D eigenvalue weighted by Crippen LogP contribution is 2.48. The van der Waals surface area contributed by atoms with Crippen molar-refractivity contribution in [2.45, 2.75) is 91.4 Å². The van der Waals surface area contributed by atoms with Gasteiger partial charge in [0.1, 0.15) is 23.7 Å². The zero-order valence-corrected chi connectivity index (χ0v) is 34.2. The Morgan fingerprint density at radius 3 is 1.43 bits per heavy atom. The molecule has 4 atom stereocenters. The number of aromatic amines is 2. The monoisotopic (exact) mass is 796 g/mol. The highest BCUT2D eigenvalue weighted by molar-refractivity contribution is 5.88. The molecule has 5 heterocycles. The summed E-state index contributed by atoms with van der Waals surface area (Å²) in [7, 11) is 2.56. The zero-order chi connectivity index (χ0) is 41.5. The van der Waals surface area contributed by atoms with Gasteiger partial charge in [-0.05, 0) is 72.9 Å². The number of amides is 4. The summed E-state index contributed by atoms with van der Waals surface area (Å²) in [6, 6.07) is 9.22. The first-order chi connectivity index (χ1) is 27.5. The van der Waals surface area contributed by atoms with Crippen LogP contribution in [0.1, 0.15) is 91.0 Å². The maximum atomic E-state index is 13.8. The second kappa shape index (κ2) is 15.7. The molecule has 16 heteroatoms. The third kappa shape index (κ3) is 8.04. The van der Waals surface area contributed by atoms with Crippen LogP contribution in [0.15, 0.2) is 48.8 Å². The fourth-order valence-corrected chi connectivity index (χ4v) is 7.83. The summed E-state index contributed by atoms with van der Waals surface area (Å²) in [5.74, 6) is 3.15. The van der Waals surface area contributed by atoms with Crippen molar-refractivity contribution in [1.82, 2.24) is 40.4 Å². The molecule has 4 aromatic rings. The molecule has 3 aliphatic rings. The minimum atomic E-state index is -0.769. The number of methoxy groups -OCH3 is 2. The van der Waals surface area contributed by atoms with Crippen molar-refractivity contribution in [1.29, 1.82) is 0 Å². The maximum absolute atomic E-state index is 13.8. The van der Waals surface area contributed by atoms with Crippen LogP contribution in [0.4, 0.5) is 9.59 Å². The van der Waals surface area contributed by atoms with Gasteiger partial charge >= 0.3 is 12.2 Å². The largest absolute Gasteiger partial charge is 0.453 e. The van der Waals surface area contributed by atoms with Crippen molar-refractivity contribution in [2.75, 3.05) is 27.3 Å². The third-order valence-electron chi connectivity index (χ3n) is 11.0. The smallest absolute Gasteiger partial charge is 0.407 e. The summed E-state index contributed by atoms with van der Waals surface area (Å²) < 4.78 is 22.3. The van der Waals surface area contributed by atoms with Gasteiger partial charge in [0, 0.05) is 24.2 Å². The highest BCUT2D eigenvalue weighted by Gasteiger charge is 2.43. The number of carbonyl (C=O) groups excluding carboxylic acids is 4. The lowest BCUT2D eigenvalue weighted by Gasteiger charge is -2.35. The number of nitrogens with zero attached hydrogens (tertiary/aromatic N) is 4. The van der Waals surface area contributed by atoms with E-state index in [1.54, 1.807) is 22.2 Å². The van der Waals surface area contributed by atoms with Crippen LogP contribution in [0.5, 0.6) is 23.0 Å². The van der Waals surface area contributed by atoms with Crippen LogP contribution in [-0.4, -0.2) is 93.1 Å². The van der Waals surface area contributed by atoms with Crippen molar-refractivity contribution in [3.05, 3.63) is 60.4 Å². The molecule has 0 radical (unpaired) electrons. The Kier molecular flexibility index (Phi) is 10.9. The summed E-state index contributed by atoms with van der Waals surface area (Å²) in [5.41, 5.74) is 2.10. The maximum Gasteiger partial charge on any atom is 0.407 e. The van der Waals surface area contributed by atoms with E-state index in [1.807, 2.05) is 77.9 Å². The Bertz CT molecular complexity index is 2050. The van der Waals surface area contributed by atoms with Crippen LogP contribution in [-0.2, 0) is 19.1 Å². The quantitative estimate of drug-likeness (QED) is 0.124. The molecule has 4 amide bonds. The normalized spacial score (nSPS) is 18.6. The van der Waals surface area contributed by atoms with Crippen molar-refractivity contribution < 1.29 is 38.1 Å². The molecule has 0 saturated carbocycles. The van der Waals surface area contributed by atoms with E-state index in [2.05, 4.69) is 30.6 Å². The predicted octanol–water partition coefficient (Wildman–Crippen LogP) is 7.23. The molecule has 4 unspecified atom stereocenters. The van der Waals surface area contributed by atoms with Crippen LogP contribution < -0.4 is 20.1 Å². The van der Waals surface area contributed by atoms with Gasteiger partial charge in [-0.15, -0.1) is 0 Å². The molecule has 58 heavy (non-hydrogen) atoms. The molecular formula is C42H52N8O8. The van der Waals surface area contributed by atoms with Gasteiger partial charge in [0.2, 0.25) is 11.8 Å². The van der Waals surface area contributed by atoms with Gasteiger partial charge in [0.25, 0.3) is 0 Å². The molecule has 3 aliphatic heterocycles. The van der Waals surface area contributed by atoms with Crippen LogP contribution in [0, 0.1) is 10.8 Å². The Balaban J connectivity index is 1.04. The summed E-state index contributed by atoms with van der Waals surface area (Å²) in [4.78, 5) is 71.6. The van der Waals surface area contributed by atoms with Gasteiger partial charge in [-0.2, -0.15) is 0 Å². The van der Waals surface area contributed by atoms with Crippen molar-refractivity contribution in [3.63, 3.8) is 0 Å². The third-order valence-corrected chi connectivity index (χ3v) is 11.0. The van der Waals surface area contributed by atoms with E-state index >= 15 is 0 Å². The number of fused-ring (bicyclic) bond motifs is 2. The number of nitrogens with one attached hydrogen (secondary N) is 4. The molecule has 2 saturated heterocycles. The summed E-state index contributed by atoms with van der Waals surface area (Å²) in [6.07, 6.45) is 5.29. The van der Waals surface area contributed by atoms with Gasteiger partial charge in [0.05, 0.1) is 50.1 Å². The fraction of sp³-hybridized carbons (Fsp3) is 0.476. The number of hydrogen-bond donors (Lipinski definition) is 4. The van der Waals surface area contributed by atoms with Crippen molar-refractivity contribution in [3.8, 4) is 45.5 Å². The van der Waals surface area contributed by atoms with Gasteiger partial charge in [-0.1, -0.05) is 41.5 Å². The molecule has 2 aromatic carbocycles. The molecule has 0 bridgehead atoms. The van der Waals surface area contributed by atoms with Crippen molar-refractivity contribution in [2.24, 2.45) is 10.8 Å². The number of imidazole rings is 2. The van der Waals surface area contributed by atoms with E-state index < -0.39 is 35.1 Å². The Morgan fingerprint density at radius 2 is 1.07 bits per heavy atom. The standard InChI is InChI=1S/C42H52N8O8/c1-41(2,3)33(47-39(53)55-7)37(51)49-17-9-11-27(49)35-43-21-25(45-35)23-13-15-29-31(19-23)57-30-16-14-24(20-32(30)58-29)26-22-44-36(46-26)28-12-10-18-50(28)38(52)34(42(4,5)6)48-40(54)56-8/h13-16,19-22,27-28,33-34H,9-12,17-18H2,1-8H3,(H,43,45)(H,44,46)(H,47,53)(H,48,54). The van der Waals surface area contributed by atoms with Crippen LogP contribution in [0.2, 0.25) is 0 Å². The van der Waals surface area contributed by atoms with Crippen molar-refractivity contribution >= 4 is 24.0 Å². The van der Waals surface area contributed by atoms with Crippen LogP contribution >= 0.6 is 0 Å². The molecule has 308 valence electrons. The lowest BCUT2D eigenvalue weighted by molar-refractivity contribution is -0.137. The molecular weight excluding hydrogens is 745 g/mol. The van der Waals surface area contributed by atoms with Crippen LogP contribution in [0.3, 0.4) is 0 Å². The topological polar surface area (TPSA) is 193 Å². The minimum absolute atomic E-state index is 0.180. The summed E-state index contributed by atoms with van der Waals surface area (Å²) >= 11 is 0. The lowest BCUT2D eigenvalue weighted by Crippen LogP contribution is -2.54. The average Bonchev–Trinajstić information content (AvgIpc) is 4.03. The van der Waals surface area contributed by atoms with E-state index in [-0.39, 0.29) is 23.9 Å². The number of benzene rings is 2. The summed E-state index contributed by atoms with van der Waals surface area (Å²) in [6.45, 7) is 12.5. The van der Waals surface area contributed by atoms with E-state index in [4.69, 9.17) is 18.9 Å². The summed E-state index contributed by atoms with van der Waals surface area (Å²) in [5, 5.41) is 5.45. The Morgan fingerprint density at radius 1 is 0.672 bits per heavy atom. The van der Waals surface area contributed by atoms with E-state index in [9.17, 15) is 19.2 Å². The van der Waals surface area contributed by atoms with E-state index in [0.717, 1.165) is 48.2 Å². The second-order valence-corrected chi connectivity index (χ2v) is 17.1.